The third kappa shape index (κ3) is 3.79. The molecule has 0 aromatic carbocycles. The van der Waals surface area contributed by atoms with Crippen molar-refractivity contribution in [3.05, 3.63) is 0 Å². The average molecular weight is 217 g/mol. The summed E-state index contributed by atoms with van der Waals surface area (Å²) in [5.41, 5.74) is 0. The summed E-state index contributed by atoms with van der Waals surface area (Å²) in [6.07, 6.45) is 8.49. The van der Waals surface area contributed by atoms with Crippen LogP contribution >= 0.6 is 11.8 Å². The molecule has 0 aliphatic heterocycles. The van der Waals surface area contributed by atoms with Crippen molar-refractivity contribution in [2.75, 3.05) is 12.9 Å². The van der Waals surface area contributed by atoms with Crippen LogP contribution in [0.5, 0.6) is 0 Å². The van der Waals surface area contributed by atoms with Gasteiger partial charge in [0, 0.05) is 23.9 Å². The first-order valence-corrected chi connectivity index (χ1v) is 6.96. The largest absolute Gasteiger partial charge is 0.396 e. The summed E-state index contributed by atoms with van der Waals surface area (Å²) < 4.78 is 0. The highest BCUT2D eigenvalue weighted by Gasteiger charge is 2.24. The Morgan fingerprint density at radius 2 is 2.14 bits per heavy atom. The highest BCUT2D eigenvalue weighted by Crippen LogP contribution is 2.27. The van der Waals surface area contributed by atoms with Crippen LogP contribution in [0.25, 0.3) is 0 Å². The van der Waals surface area contributed by atoms with Crippen LogP contribution < -0.4 is 5.32 Å². The number of hydrogen-bond donors (Lipinski definition) is 2. The maximum atomic E-state index is 8.84. The van der Waals surface area contributed by atoms with E-state index < -0.39 is 0 Å². The van der Waals surface area contributed by atoms with Crippen molar-refractivity contribution in [1.82, 2.24) is 5.32 Å². The predicted molar refractivity (Wildman–Crippen MR) is 63.9 cm³/mol. The normalized spacial score (nSPS) is 30.2. The lowest BCUT2D eigenvalue weighted by molar-refractivity contribution is 0.255. The van der Waals surface area contributed by atoms with Crippen molar-refractivity contribution < 1.29 is 5.11 Å². The zero-order chi connectivity index (χ0) is 10.4. The molecule has 1 fully saturated rings. The van der Waals surface area contributed by atoms with Crippen molar-refractivity contribution in [1.29, 1.82) is 0 Å². The number of nitrogens with one attached hydrogen (secondary N) is 1. The Balaban J connectivity index is 2.32. The molecule has 0 saturated heterocycles. The second-order valence-electron chi connectivity index (χ2n) is 4.25. The molecule has 2 nitrogen and oxygen atoms in total. The van der Waals surface area contributed by atoms with E-state index in [2.05, 4.69) is 18.5 Å². The molecule has 1 saturated carbocycles. The second kappa shape index (κ2) is 6.70. The van der Waals surface area contributed by atoms with Gasteiger partial charge < -0.3 is 10.4 Å². The first-order valence-electron chi connectivity index (χ1n) is 5.67. The van der Waals surface area contributed by atoms with Crippen LogP contribution in [0.4, 0.5) is 0 Å². The molecule has 0 heterocycles. The van der Waals surface area contributed by atoms with E-state index in [0.29, 0.717) is 18.7 Å². The minimum Gasteiger partial charge on any atom is -0.396 e. The summed E-state index contributed by atoms with van der Waals surface area (Å²) in [5.74, 6) is 0. The van der Waals surface area contributed by atoms with E-state index in [-0.39, 0.29) is 0 Å². The Hall–Kier alpha value is 0.270. The number of aliphatic hydroxyl groups excluding tert-OH is 1. The Bertz CT molecular complexity index is 154. The smallest absolute Gasteiger partial charge is 0.0445 e. The van der Waals surface area contributed by atoms with E-state index in [0.717, 1.165) is 11.7 Å². The number of hydrogen-bond acceptors (Lipinski definition) is 3. The molecule has 14 heavy (non-hydrogen) atoms. The topological polar surface area (TPSA) is 32.3 Å². The number of rotatable bonds is 5. The van der Waals surface area contributed by atoms with Gasteiger partial charge in [0.1, 0.15) is 0 Å². The van der Waals surface area contributed by atoms with Crippen LogP contribution in [0.2, 0.25) is 0 Å². The lowest BCUT2D eigenvalue weighted by Crippen LogP contribution is -2.45. The Morgan fingerprint density at radius 1 is 1.43 bits per heavy atom. The van der Waals surface area contributed by atoms with Crippen molar-refractivity contribution in [2.24, 2.45) is 0 Å². The van der Waals surface area contributed by atoms with Gasteiger partial charge in [-0.3, -0.25) is 0 Å². The molecule has 0 spiro atoms. The van der Waals surface area contributed by atoms with Gasteiger partial charge in [-0.2, -0.15) is 11.8 Å². The lowest BCUT2D eigenvalue weighted by Gasteiger charge is -2.33. The quantitative estimate of drug-likeness (QED) is 0.739. The Labute approximate surface area is 91.9 Å². The fraction of sp³-hybridized carbons (Fsp3) is 1.00. The zero-order valence-corrected chi connectivity index (χ0v) is 10.1. The zero-order valence-electron chi connectivity index (χ0n) is 9.33. The second-order valence-corrected chi connectivity index (χ2v) is 5.32. The molecule has 84 valence electrons. The molecule has 0 aromatic heterocycles. The van der Waals surface area contributed by atoms with Crippen LogP contribution in [0, 0.1) is 0 Å². The van der Waals surface area contributed by atoms with Crippen LogP contribution in [-0.4, -0.2) is 35.3 Å². The van der Waals surface area contributed by atoms with Crippen molar-refractivity contribution >= 4 is 11.8 Å². The van der Waals surface area contributed by atoms with Crippen molar-refractivity contribution in [2.45, 2.75) is 56.4 Å². The molecule has 1 rings (SSSR count). The highest BCUT2D eigenvalue weighted by atomic mass is 32.2. The fourth-order valence-corrected chi connectivity index (χ4v) is 3.16. The first kappa shape index (κ1) is 12.3. The molecule has 0 radical (unpaired) electrons. The van der Waals surface area contributed by atoms with Gasteiger partial charge in [-0.05, 0) is 32.4 Å². The van der Waals surface area contributed by atoms with Crippen LogP contribution in [0.15, 0.2) is 0 Å². The summed E-state index contributed by atoms with van der Waals surface area (Å²) in [7, 11) is 0. The molecule has 1 aliphatic carbocycles. The molecule has 2 N–H and O–H groups in total. The standard InChI is InChI=1S/C11H23NOS/c1-9(7-8-13)12-10-5-3-4-6-11(10)14-2/h9-13H,3-8H2,1-2H3. The minimum atomic E-state index is 0.296. The summed E-state index contributed by atoms with van der Waals surface area (Å²) >= 11 is 1.99. The van der Waals surface area contributed by atoms with Gasteiger partial charge in [-0.25, -0.2) is 0 Å². The lowest BCUT2D eigenvalue weighted by atomic mass is 9.94. The predicted octanol–water partition coefficient (Wildman–Crippen LogP) is 2.02. The summed E-state index contributed by atoms with van der Waals surface area (Å²) in [6, 6.07) is 1.12. The molecular weight excluding hydrogens is 194 g/mol. The van der Waals surface area contributed by atoms with Gasteiger partial charge in [0.05, 0.1) is 0 Å². The van der Waals surface area contributed by atoms with Gasteiger partial charge in [-0.15, -0.1) is 0 Å². The van der Waals surface area contributed by atoms with Gasteiger partial charge in [-0.1, -0.05) is 12.8 Å². The molecule has 1 aliphatic rings. The SMILES string of the molecule is CSC1CCCCC1NC(C)CCO. The van der Waals surface area contributed by atoms with Crippen LogP contribution in [0.3, 0.4) is 0 Å². The van der Waals surface area contributed by atoms with E-state index in [9.17, 15) is 0 Å². The van der Waals surface area contributed by atoms with E-state index in [4.69, 9.17) is 5.11 Å². The minimum absolute atomic E-state index is 0.296. The third-order valence-corrected chi connectivity index (χ3v) is 4.24. The van der Waals surface area contributed by atoms with Gasteiger partial charge in [0.2, 0.25) is 0 Å². The molecule has 3 atom stereocenters. The molecule has 3 heteroatoms. The molecule has 3 unspecified atom stereocenters. The van der Waals surface area contributed by atoms with Crippen LogP contribution in [-0.2, 0) is 0 Å². The van der Waals surface area contributed by atoms with Crippen LogP contribution in [0.1, 0.15) is 39.0 Å². The van der Waals surface area contributed by atoms with Crippen molar-refractivity contribution in [3.8, 4) is 0 Å². The molecule has 0 bridgehead atoms. The molecule has 0 aromatic rings. The van der Waals surface area contributed by atoms with Gasteiger partial charge in [0.15, 0.2) is 0 Å². The van der Waals surface area contributed by atoms with E-state index in [1.165, 1.54) is 25.7 Å². The molecule has 0 amide bonds. The average Bonchev–Trinajstić information content (AvgIpc) is 2.19. The maximum Gasteiger partial charge on any atom is 0.0445 e. The summed E-state index contributed by atoms with van der Waals surface area (Å²) in [4.78, 5) is 0. The molecular formula is C11H23NOS. The first-order chi connectivity index (χ1) is 6.77. The monoisotopic (exact) mass is 217 g/mol. The van der Waals surface area contributed by atoms with Crippen molar-refractivity contribution in [3.63, 3.8) is 0 Å². The van der Waals surface area contributed by atoms with Gasteiger partial charge >= 0.3 is 0 Å². The van der Waals surface area contributed by atoms with E-state index in [1.54, 1.807) is 0 Å². The Kier molecular flexibility index (Phi) is 5.90. The Morgan fingerprint density at radius 3 is 2.79 bits per heavy atom. The maximum absolute atomic E-state index is 8.84. The summed E-state index contributed by atoms with van der Waals surface area (Å²) in [6.45, 7) is 2.47. The summed E-state index contributed by atoms with van der Waals surface area (Å²) in [5, 5.41) is 13.3. The van der Waals surface area contributed by atoms with Gasteiger partial charge in [0.25, 0.3) is 0 Å². The van der Waals surface area contributed by atoms with E-state index >= 15 is 0 Å². The van der Waals surface area contributed by atoms with E-state index in [1.807, 2.05) is 11.8 Å². The number of thioether (sulfide) groups is 1. The third-order valence-electron chi connectivity index (χ3n) is 3.07. The number of aliphatic hydroxyl groups is 1. The fourth-order valence-electron chi connectivity index (χ4n) is 2.21. The highest BCUT2D eigenvalue weighted by molar-refractivity contribution is 7.99.